The fourth-order valence-electron chi connectivity index (χ4n) is 1.79. The van der Waals surface area contributed by atoms with Gasteiger partial charge in [-0.2, -0.15) is 0 Å². The monoisotopic (exact) mass is 299 g/mol. The molecule has 0 saturated carbocycles. The largest absolute Gasteiger partial charge is 0.491 e. The van der Waals surface area contributed by atoms with Crippen LogP contribution in [0.25, 0.3) is 0 Å². The Labute approximate surface area is 127 Å². The molecule has 1 rings (SSSR count). The minimum atomic E-state index is 0.161. The molecule has 0 radical (unpaired) electrons. The first-order chi connectivity index (χ1) is 9.49. The van der Waals surface area contributed by atoms with Crippen LogP contribution in [0.1, 0.15) is 39.7 Å². The molecule has 0 fully saturated rings. The molecule has 0 aliphatic heterocycles. The fourth-order valence-corrected chi connectivity index (χ4v) is 1.99. The molecular formula is C16H26ClNO2. The maximum absolute atomic E-state index is 6.05. The first kappa shape index (κ1) is 17.3. The number of ether oxygens (including phenoxy) is 2. The van der Waals surface area contributed by atoms with Gasteiger partial charge < -0.3 is 14.8 Å². The SMILES string of the molecule is CC(C)OCCCNCc1cc(Cl)ccc1OC(C)C. The van der Waals surface area contributed by atoms with Gasteiger partial charge in [0.05, 0.1) is 12.2 Å². The summed E-state index contributed by atoms with van der Waals surface area (Å²) >= 11 is 6.05. The summed E-state index contributed by atoms with van der Waals surface area (Å²) in [6.45, 7) is 10.6. The molecule has 0 bridgehead atoms. The molecule has 0 unspecified atom stereocenters. The zero-order chi connectivity index (χ0) is 15.0. The highest BCUT2D eigenvalue weighted by Gasteiger charge is 2.06. The van der Waals surface area contributed by atoms with Crippen molar-refractivity contribution < 1.29 is 9.47 Å². The second kappa shape index (κ2) is 9.22. The van der Waals surface area contributed by atoms with Gasteiger partial charge in [-0.15, -0.1) is 0 Å². The van der Waals surface area contributed by atoms with Gasteiger partial charge in [0.2, 0.25) is 0 Å². The van der Waals surface area contributed by atoms with Crippen LogP contribution in [0.3, 0.4) is 0 Å². The molecule has 0 amide bonds. The molecule has 1 aromatic rings. The molecule has 0 aliphatic rings. The number of hydrogen-bond acceptors (Lipinski definition) is 3. The van der Waals surface area contributed by atoms with Gasteiger partial charge in [-0.3, -0.25) is 0 Å². The van der Waals surface area contributed by atoms with Crippen molar-refractivity contribution in [1.82, 2.24) is 5.32 Å². The summed E-state index contributed by atoms with van der Waals surface area (Å²) in [6.07, 6.45) is 1.46. The summed E-state index contributed by atoms with van der Waals surface area (Å²) < 4.78 is 11.3. The van der Waals surface area contributed by atoms with Gasteiger partial charge in [-0.1, -0.05) is 11.6 Å². The molecule has 0 heterocycles. The molecule has 1 N–H and O–H groups in total. The van der Waals surface area contributed by atoms with Crippen LogP contribution < -0.4 is 10.1 Å². The van der Waals surface area contributed by atoms with Crippen molar-refractivity contribution in [2.75, 3.05) is 13.2 Å². The number of halogens is 1. The van der Waals surface area contributed by atoms with Crippen LogP contribution in [0.4, 0.5) is 0 Å². The number of benzene rings is 1. The second-order valence-electron chi connectivity index (χ2n) is 5.37. The van der Waals surface area contributed by atoms with Crippen LogP contribution in [0.15, 0.2) is 18.2 Å². The van der Waals surface area contributed by atoms with Crippen LogP contribution in [0, 0.1) is 0 Å². The van der Waals surface area contributed by atoms with E-state index < -0.39 is 0 Å². The van der Waals surface area contributed by atoms with Crippen LogP contribution >= 0.6 is 11.6 Å². The molecule has 3 nitrogen and oxygen atoms in total. The summed E-state index contributed by atoms with van der Waals surface area (Å²) in [5.41, 5.74) is 1.09. The van der Waals surface area contributed by atoms with E-state index in [1.807, 2.05) is 32.0 Å². The molecule has 1 aromatic carbocycles. The Morgan fingerprint density at radius 3 is 2.55 bits per heavy atom. The Balaban J connectivity index is 2.40. The van der Waals surface area contributed by atoms with E-state index in [0.29, 0.717) is 6.10 Å². The number of rotatable bonds is 9. The van der Waals surface area contributed by atoms with E-state index in [1.54, 1.807) is 0 Å². The lowest BCUT2D eigenvalue weighted by atomic mass is 10.2. The van der Waals surface area contributed by atoms with Crippen LogP contribution in [-0.2, 0) is 11.3 Å². The van der Waals surface area contributed by atoms with Crippen molar-refractivity contribution in [1.29, 1.82) is 0 Å². The summed E-state index contributed by atoms with van der Waals surface area (Å²) in [4.78, 5) is 0. The van der Waals surface area contributed by atoms with Crippen molar-refractivity contribution in [2.45, 2.75) is 52.9 Å². The lowest BCUT2D eigenvalue weighted by Crippen LogP contribution is -2.18. The maximum atomic E-state index is 6.05. The van der Waals surface area contributed by atoms with Gasteiger partial charge in [0.15, 0.2) is 0 Å². The Hall–Kier alpha value is -0.770. The van der Waals surface area contributed by atoms with Gasteiger partial charge in [0.1, 0.15) is 5.75 Å². The summed E-state index contributed by atoms with van der Waals surface area (Å²) in [5, 5.41) is 4.13. The van der Waals surface area contributed by atoms with E-state index in [-0.39, 0.29) is 6.10 Å². The van der Waals surface area contributed by atoms with Gasteiger partial charge in [-0.25, -0.2) is 0 Å². The van der Waals surface area contributed by atoms with Crippen molar-refractivity contribution in [3.63, 3.8) is 0 Å². The molecule has 0 atom stereocenters. The molecule has 4 heteroatoms. The molecule has 0 aliphatic carbocycles. The van der Waals surface area contributed by atoms with Crippen molar-refractivity contribution >= 4 is 11.6 Å². The average molecular weight is 300 g/mol. The van der Waals surface area contributed by atoms with Crippen LogP contribution in [0.5, 0.6) is 5.75 Å². The van der Waals surface area contributed by atoms with Crippen molar-refractivity contribution in [2.24, 2.45) is 0 Å². The number of nitrogens with one attached hydrogen (secondary N) is 1. The van der Waals surface area contributed by atoms with E-state index in [4.69, 9.17) is 21.1 Å². The minimum Gasteiger partial charge on any atom is -0.491 e. The Morgan fingerprint density at radius 1 is 1.15 bits per heavy atom. The first-order valence-electron chi connectivity index (χ1n) is 7.26. The highest BCUT2D eigenvalue weighted by atomic mass is 35.5. The fraction of sp³-hybridized carbons (Fsp3) is 0.625. The topological polar surface area (TPSA) is 30.5 Å². The second-order valence-corrected chi connectivity index (χ2v) is 5.80. The molecular weight excluding hydrogens is 274 g/mol. The Morgan fingerprint density at radius 2 is 1.90 bits per heavy atom. The standard InChI is InChI=1S/C16H26ClNO2/c1-12(2)19-9-5-8-18-11-14-10-15(17)6-7-16(14)20-13(3)4/h6-7,10,12-13,18H,5,8-9,11H2,1-4H3. The average Bonchev–Trinajstić information content (AvgIpc) is 2.35. The van der Waals surface area contributed by atoms with Gasteiger partial charge in [0, 0.05) is 23.7 Å². The lowest BCUT2D eigenvalue weighted by molar-refractivity contribution is 0.0770. The third-order valence-electron chi connectivity index (χ3n) is 2.65. The smallest absolute Gasteiger partial charge is 0.124 e. The van der Waals surface area contributed by atoms with Crippen LogP contribution in [0.2, 0.25) is 5.02 Å². The van der Waals surface area contributed by atoms with Gasteiger partial charge >= 0.3 is 0 Å². The summed E-state index contributed by atoms with van der Waals surface area (Å²) in [7, 11) is 0. The van der Waals surface area contributed by atoms with Crippen molar-refractivity contribution in [3.05, 3.63) is 28.8 Å². The van der Waals surface area contributed by atoms with E-state index in [9.17, 15) is 0 Å². The quantitative estimate of drug-likeness (QED) is 0.698. The highest BCUT2D eigenvalue weighted by molar-refractivity contribution is 6.30. The third kappa shape index (κ3) is 7.13. The Bertz CT molecular complexity index is 394. The normalized spacial score (nSPS) is 11.3. The minimum absolute atomic E-state index is 0.161. The maximum Gasteiger partial charge on any atom is 0.124 e. The van der Waals surface area contributed by atoms with Gasteiger partial charge in [0.25, 0.3) is 0 Å². The zero-order valence-electron chi connectivity index (χ0n) is 12.9. The van der Waals surface area contributed by atoms with E-state index in [1.165, 1.54) is 0 Å². The van der Waals surface area contributed by atoms with E-state index in [2.05, 4.69) is 19.2 Å². The predicted molar refractivity (Wildman–Crippen MR) is 84.6 cm³/mol. The number of hydrogen-bond donors (Lipinski definition) is 1. The highest BCUT2D eigenvalue weighted by Crippen LogP contribution is 2.23. The van der Waals surface area contributed by atoms with Gasteiger partial charge in [-0.05, 0) is 58.9 Å². The Kier molecular flexibility index (Phi) is 7.97. The summed E-state index contributed by atoms with van der Waals surface area (Å²) in [5.74, 6) is 0.898. The predicted octanol–water partition coefficient (Wildman–Crippen LogP) is 4.03. The molecule has 0 spiro atoms. The zero-order valence-corrected chi connectivity index (χ0v) is 13.7. The molecule has 0 aromatic heterocycles. The van der Waals surface area contributed by atoms with E-state index >= 15 is 0 Å². The van der Waals surface area contributed by atoms with Crippen molar-refractivity contribution in [3.8, 4) is 5.75 Å². The molecule has 114 valence electrons. The molecule has 0 saturated heterocycles. The third-order valence-corrected chi connectivity index (χ3v) is 2.88. The van der Waals surface area contributed by atoms with E-state index in [0.717, 1.165) is 42.5 Å². The molecule has 20 heavy (non-hydrogen) atoms. The first-order valence-corrected chi connectivity index (χ1v) is 7.64. The van der Waals surface area contributed by atoms with Crippen LogP contribution in [-0.4, -0.2) is 25.4 Å². The lowest BCUT2D eigenvalue weighted by Gasteiger charge is -2.15. The summed E-state index contributed by atoms with van der Waals surface area (Å²) in [6, 6.07) is 5.75.